The third-order valence-corrected chi connectivity index (χ3v) is 3.73. The number of likely N-dealkylation sites (tertiary alicyclic amines) is 1. The van der Waals surface area contributed by atoms with Gasteiger partial charge in [-0.1, -0.05) is 12.1 Å². The van der Waals surface area contributed by atoms with Crippen LogP contribution in [0.3, 0.4) is 0 Å². The number of piperidine rings is 1. The Labute approximate surface area is 114 Å². The van der Waals surface area contributed by atoms with Crippen LogP contribution in [0.15, 0.2) is 24.3 Å². The van der Waals surface area contributed by atoms with Crippen molar-refractivity contribution in [2.75, 3.05) is 20.2 Å². The quantitative estimate of drug-likeness (QED) is 0.896. The van der Waals surface area contributed by atoms with E-state index in [0.717, 1.165) is 30.7 Å². The summed E-state index contributed by atoms with van der Waals surface area (Å²) in [5.41, 5.74) is 6.77. The topological polar surface area (TPSA) is 55.6 Å². The summed E-state index contributed by atoms with van der Waals surface area (Å²) in [6, 6.07) is 7.88. The molecule has 2 N–H and O–H groups in total. The second kappa shape index (κ2) is 6.57. The highest BCUT2D eigenvalue weighted by Crippen LogP contribution is 2.18. The van der Waals surface area contributed by atoms with E-state index in [4.69, 9.17) is 10.5 Å². The Morgan fingerprint density at radius 3 is 2.74 bits per heavy atom. The van der Waals surface area contributed by atoms with Gasteiger partial charge >= 0.3 is 0 Å². The van der Waals surface area contributed by atoms with Crippen LogP contribution in [0, 0.1) is 0 Å². The number of hydrogen-bond donors (Lipinski definition) is 1. The molecule has 1 fully saturated rings. The van der Waals surface area contributed by atoms with Gasteiger partial charge in [0, 0.05) is 19.1 Å². The highest BCUT2D eigenvalue weighted by atomic mass is 16.5. The van der Waals surface area contributed by atoms with Crippen molar-refractivity contribution in [2.24, 2.45) is 5.73 Å². The summed E-state index contributed by atoms with van der Waals surface area (Å²) < 4.78 is 5.11. The van der Waals surface area contributed by atoms with Crippen LogP contribution in [0.2, 0.25) is 0 Å². The lowest BCUT2D eigenvalue weighted by atomic mass is 10.0. The van der Waals surface area contributed by atoms with E-state index >= 15 is 0 Å². The van der Waals surface area contributed by atoms with Gasteiger partial charge < -0.3 is 15.4 Å². The summed E-state index contributed by atoms with van der Waals surface area (Å²) >= 11 is 0. The second-order valence-corrected chi connectivity index (χ2v) is 5.00. The van der Waals surface area contributed by atoms with E-state index in [1.807, 2.05) is 29.2 Å². The van der Waals surface area contributed by atoms with Crippen LogP contribution < -0.4 is 10.5 Å². The molecular weight excluding hydrogens is 240 g/mol. The zero-order valence-electron chi connectivity index (χ0n) is 11.5. The number of hydrogen-bond acceptors (Lipinski definition) is 3. The Morgan fingerprint density at radius 1 is 1.37 bits per heavy atom. The number of carbonyl (C=O) groups excluding carboxylic acids is 1. The number of carbonyl (C=O) groups is 1. The molecule has 1 aromatic carbocycles. The number of ether oxygens (including phenoxy) is 1. The first-order valence-electron chi connectivity index (χ1n) is 6.87. The number of rotatable bonds is 4. The smallest absolute Gasteiger partial charge is 0.227 e. The molecule has 0 radical (unpaired) electrons. The van der Waals surface area contributed by atoms with Crippen molar-refractivity contribution in [1.29, 1.82) is 0 Å². The summed E-state index contributed by atoms with van der Waals surface area (Å²) in [7, 11) is 1.64. The molecule has 0 saturated carbocycles. The van der Waals surface area contributed by atoms with Gasteiger partial charge in [-0.3, -0.25) is 4.79 Å². The van der Waals surface area contributed by atoms with E-state index < -0.39 is 0 Å². The van der Waals surface area contributed by atoms with E-state index in [9.17, 15) is 4.79 Å². The molecule has 1 unspecified atom stereocenters. The summed E-state index contributed by atoms with van der Waals surface area (Å²) in [6.45, 7) is 1.41. The average Bonchev–Trinajstić information content (AvgIpc) is 2.48. The molecule has 1 heterocycles. The molecule has 0 spiro atoms. The molecule has 0 aliphatic carbocycles. The third kappa shape index (κ3) is 3.47. The number of benzene rings is 1. The first-order valence-corrected chi connectivity index (χ1v) is 6.87. The van der Waals surface area contributed by atoms with E-state index in [0.29, 0.717) is 13.0 Å². The summed E-state index contributed by atoms with van der Waals surface area (Å²) in [5.74, 6) is 0.995. The van der Waals surface area contributed by atoms with Crippen molar-refractivity contribution in [3.05, 3.63) is 29.8 Å². The van der Waals surface area contributed by atoms with Gasteiger partial charge in [0.2, 0.25) is 5.91 Å². The minimum atomic E-state index is 0.181. The fourth-order valence-corrected chi connectivity index (χ4v) is 2.59. The lowest BCUT2D eigenvalue weighted by Crippen LogP contribution is -2.48. The van der Waals surface area contributed by atoms with Gasteiger partial charge in [-0.15, -0.1) is 0 Å². The predicted octanol–water partition coefficient (Wildman–Crippen LogP) is 1.58. The predicted molar refractivity (Wildman–Crippen MR) is 75.1 cm³/mol. The van der Waals surface area contributed by atoms with E-state index in [-0.39, 0.29) is 11.9 Å². The van der Waals surface area contributed by atoms with Crippen molar-refractivity contribution in [3.8, 4) is 5.75 Å². The molecule has 1 aromatic rings. The van der Waals surface area contributed by atoms with Gasteiger partial charge in [0.15, 0.2) is 0 Å². The fourth-order valence-electron chi connectivity index (χ4n) is 2.59. The summed E-state index contributed by atoms with van der Waals surface area (Å²) in [4.78, 5) is 14.3. The zero-order valence-corrected chi connectivity index (χ0v) is 11.5. The number of nitrogens with two attached hydrogens (primary N) is 1. The molecule has 1 aliphatic heterocycles. The molecule has 4 heteroatoms. The Bertz CT molecular complexity index is 417. The average molecular weight is 262 g/mol. The minimum Gasteiger partial charge on any atom is -0.497 e. The molecule has 4 nitrogen and oxygen atoms in total. The van der Waals surface area contributed by atoms with Gasteiger partial charge in [0.05, 0.1) is 13.5 Å². The minimum absolute atomic E-state index is 0.181. The lowest BCUT2D eigenvalue weighted by molar-refractivity contribution is -0.133. The van der Waals surface area contributed by atoms with Crippen molar-refractivity contribution in [1.82, 2.24) is 4.90 Å². The molecule has 1 amide bonds. The van der Waals surface area contributed by atoms with Crippen LogP contribution in [-0.2, 0) is 11.2 Å². The Balaban J connectivity index is 1.98. The molecule has 0 bridgehead atoms. The largest absolute Gasteiger partial charge is 0.497 e. The van der Waals surface area contributed by atoms with Crippen molar-refractivity contribution < 1.29 is 9.53 Å². The van der Waals surface area contributed by atoms with Gasteiger partial charge in [-0.05, 0) is 37.0 Å². The maximum atomic E-state index is 12.3. The Kier molecular flexibility index (Phi) is 4.80. The Hall–Kier alpha value is -1.55. The van der Waals surface area contributed by atoms with E-state index in [1.54, 1.807) is 7.11 Å². The fraction of sp³-hybridized carbons (Fsp3) is 0.533. The highest BCUT2D eigenvalue weighted by molar-refractivity contribution is 5.79. The van der Waals surface area contributed by atoms with Crippen LogP contribution in [0.5, 0.6) is 5.75 Å². The standard InChI is InChI=1S/C15H22N2O2/c1-19-14-7-5-12(6-8-14)10-15(18)17-9-3-2-4-13(17)11-16/h5-8,13H,2-4,9-11,16H2,1H3. The zero-order chi connectivity index (χ0) is 13.7. The van der Waals surface area contributed by atoms with Crippen molar-refractivity contribution in [3.63, 3.8) is 0 Å². The first kappa shape index (κ1) is 13.9. The van der Waals surface area contributed by atoms with Gasteiger partial charge in [0.25, 0.3) is 0 Å². The van der Waals surface area contributed by atoms with Gasteiger partial charge in [-0.25, -0.2) is 0 Å². The van der Waals surface area contributed by atoms with Crippen LogP contribution in [0.1, 0.15) is 24.8 Å². The number of nitrogens with zero attached hydrogens (tertiary/aromatic N) is 1. The third-order valence-electron chi connectivity index (χ3n) is 3.73. The molecule has 104 valence electrons. The summed E-state index contributed by atoms with van der Waals surface area (Å²) in [6.07, 6.45) is 3.74. The molecule has 19 heavy (non-hydrogen) atoms. The van der Waals surface area contributed by atoms with Crippen molar-refractivity contribution in [2.45, 2.75) is 31.7 Å². The SMILES string of the molecule is COc1ccc(CC(=O)N2CCCCC2CN)cc1. The first-order chi connectivity index (χ1) is 9.24. The van der Waals surface area contributed by atoms with Gasteiger partial charge in [0.1, 0.15) is 5.75 Å². The maximum absolute atomic E-state index is 12.3. The number of methoxy groups -OCH3 is 1. The normalized spacial score (nSPS) is 19.3. The molecule has 1 atom stereocenters. The van der Waals surface area contributed by atoms with Crippen LogP contribution in [0.4, 0.5) is 0 Å². The second-order valence-electron chi connectivity index (χ2n) is 5.00. The lowest BCUT2D eigenvalue weighted by Gasteiger charge is -2.35. The Morgan fingerprint density at radius 2 is 2.11 bits per heavy atom. The van der Waals surface area contributed by atoms with E-state index in [1.165, 1.54) is 6.42 Å². The highest BCUT2D eigenvalue weighted by Gasteiger charge is 2.25. The number of amides is 1. The van der Waals surface area contributed by atoms with Gasteiger partial charge in [-0.2, -0.15) is 0 Å². The van der Waals surface area contributed by atoms with Crippen LogP contribution in [-0.4, -0.2) is 37.0 Å². The monoisotopic (exact) mass is 262 g/mol. The molecule has 2 rings (SSSR count). The maximum Gasteiger partial charge on any atom is 0.227 e. The molecule has 1 aliphatic rings. The van der Waals surface area contributed by atoms with Crippen LogP contribution in [0.25, 0.3) is 0 Å². The molecular formula is C15H22N2O2. The molecule has 1 saturated heterocycles. The van der Waals surface area contributed by atoms with Crippen LogP contribution >= 0.6 is 0 Å². The summed E-state index contributed by atoms with van der Waals surface area (Å²) in [5, 5.41) is 0. The van der Waals surface area contributed by atoms with Crippen molar-refractivity contribution >= 4 is 5.91 Å². The van der Waals surface area contributed by atoms with E-state index in [2.05, 4.69) is 0 Å². The molecule has 0 aromatic heterocycles.